The molecule has 16 heavy (non-hydrogen) atoms. The topological polar surface area (TPSA) is 47.6 Å². The molecule has 1 saturated heterocycles. The molecule has 0 saturated carbocycles. The third-order valence-corrected chi connectivity index (χ3v) is 2.40. The molecule has 0 aromatic heterocycles. The van der Waals surface area contributed by atoms with Crippen LogP contribution < -0.4 is 5.32 Å². The second-order valence-corrected chi connectivity index (χ2v) is 5.00. The van der Waals surface area contributed by atoms with E-state index in [1.54, 1.807) is 6.08 Å². The Balaban J connectivity index is 2.29. The van der Waals surface area contributed by atoms with Crippen molar-refractivity contribution >= 4 is 6.09 Å². The molecule has 1 amide bonds. The molecule has 0 aliphatic carbocycles. The van der Waals surface area contributed by atoms with Crippen molar-refractivity contribution in [3.8, 4) is 0 Å². The molecule has 4 nitrogen and oxygen atoms in total. The number of alkyl carbamates (subject to hydrolysis) is 1. The maximum atomic E-state index is 11.4. The van der Waals surface area contributed by atoms with Gasteiger partial charge in [0, 0.05) is 19.1 Å². The van der Waals surface area contributed by atoms with Gasteiger partial charge >= 0.3 is 6.09 Å². The van der Waals surface area contributed by atoms with E-state index in [0.717, 1.165) is 13.0 Å². The average molecular weight is 227 g/mol. The lowest BCUT2D eigenvalue weighted by Crippen LogP contribution is -2.36. The molecule has 2 atom stereocenters. The number of rotatable bonds is 3. The van der Waals surface area contributed by atoms with Crippen molar-refractivity contribution in [3.05, 3.63) is 12.7 Å². The summed E-state index contributed by atoms with van der Waals surface area (Å²) in [6.07, 6.45) is 2.41. The number of carbonyl (C=O) groups is 1. The molecule has 0 aromatic carbocycles. The highest BCUT2D eigenvalue weighted by atomic mass is 16.6. The molecule has 1 rings (SSSR count). The van der Waals surface area contributed by atoms with Gasteiger partial charge < -0.3 is 14.8 Å². The first kappa shape index (κ1) is 13.0. The smallest absolute Gasteiger partial charge is 0.407 e. The van der Waals surface area contributed by atoms with Gasteiger partial charge in [-0.05, 0) is 27.2 Å². The SMILES string of the molecule is C=C[C@@H]1OCC[C@H]1CNC(=O)OC(C)(C)C. The van der Waals surface area contributed by atoms with Crippen LogP contribution >= 0.6 is 0 Å². The molecule has 0 aromatic rings. The van der Waals surface area contributed by atoms with Crippen LogP contribution in [-0.2, 0) is 9.47 Å². The molecule has 1 fully saturated rings. The Bertz CT molecular complexity index is 257. The van der Waals surface area contributed by atoms with Gasteiger partial charge in [-0.3, -0.25) is 0 Å². The quantitative estimate of drug-likeness (QED) is 0.751. The summed E-state index contributed by atoms with van der Waals surface area (Å²) in [5.74, 6) is 0.310. The Morgan fingerprint density at radius 2 is 2.31 bits per heavy atom. The summed E-state index contributed by atoms with van der Waals surface area (Å²) in [4.78, 5) is 11.4. The van der Waals surface area contributed by atoms with Crippen LogP contribution in [0.1, 0.15) is 27.2 Å². The van der Waals surface area contributed by atoms with Gasteiger partial charge in [-0.2, -0.15) is 0 Å². The maximum Gasteiger partial charge on any atom is 0.407 e. The third kappa shape index (κ3) is 4.23. The molecule has 0 radical (unpaired) electrons. The molecule has 1 aliphatic heterocycles. The second kappa shape index (κ2) is 5.34. The van der Waals surface area contributed by atoms with Gasteiger partial charge in [0.05, 0.1) is 6.10 Å². The van der Waals surface area contributed by atoms with E-state index < -0.39 is 5.60 Å². The van der Waals surface area contributed by atoms with Crippen molar-refractivity contribution in [2.24, 2.45) is 5.92 Å². The van der Waals surface area contributed by atoms with Gasteiger partial charge in [-0.1, -0.05) is 6.08 Å². The van der Waals surface area contributed by atoms with Crippen LogP contribution in [0.25, 0.3) is 0 Å². The second-order valence-electron chi connectivity index (χ2n) is 5.00. The number of ether oxygens (including phenoxy) is 2. The standard InChI is InChI=1S/C12H21NO3/c1-5-10-9(6-7-15-10)8-13-11(14)16-12(2,3)4/h5,9-10H,1,6-8H2,2-4H3,(H,13,14)/t9-,10-/m0/s1. The fourth-order valence-electron chi connectivity index (χ4n) is 1.66. The zero-order chi connectivity index (χ0) is 12.2. The first-order chi connectivity index (χ1) is 7.42. The Morgan fingerprint density at radius 1 is 1.62 bits per heavy atom. The molecular weight excluding hydrogens is 206 g/mol. The minimum Gasteiger partial charge on any atom is -0.444 e. The van der Waals surface area contributed by atoms with Crippen molar-refractivity contribution in [2.45, 2.75) is 38.9 Å². The summed E-state index contributed by atoms with van der Waals surface area (Å²) < 4.78 is 10.6. The van der Waals surface area contributed by atoms with Crippen LogP contribution in [-0.4, -0.2) is 30.9 Å². The van der Waals surface area contributed by atoms with E-state index in [9.17, 15) is 4.79 Å². The van der Waals surface area contributed by atoms with E-state index in [-0.39, 0.29) is 12.2 Å². The summed E-state index contributed by atoms with van der Waals surface area (Å²) in [5.41, 5.74) is -0.450. The van der Waals surface area contributed by atoms with Crippen molar-refractivity contribution in [2.75, 3.05) is 13.2 Å². The number of hydrogen-bond acceptors (Lipinski definition) is 3. The number of carbonyl (C=O) groups excluding carboxylic acids is 1. The predicted octanol–water partition coefficient (Wildman–Crippen LogP) is 2.10. The summed E-state index contributed by atoms with van der Waals surface area (Å²) >= 11 is 0. The maximum absolute atomic E-state index is 11.4. The van der Waals surface area contributed by atoms with E-state index in [4.69, 9.17) is 9.47 Å². The highest BCUT2D eigenvalue weighted by molar-refractivity contribution is 5.67. The zero-order valence-electron chi connectivity index (χ0n) is 10.3. The molecule has 4 heteroatoms. The van der Waals surface area contributed by atoms with E-state index in [1.165, 1.54) is 0 Å². The minimum atomic E-state index is -0.450. The van der Waals surface area contributed by atoms with Gasteiger partial charge in [-0.25, -0.2) is 4.79 Å². The van der Waals surface area contributed by atoms with Crippen LogP contribution in [0.15, 0.2) is 12.7 Å². The fourth-order valence-corrected chi connectivity index (χ4v) is 1.66. The van der Waals surface area contributed by atoms with Gasteiger partial charge in [0.15, 0.2) is 0 Å². The Hall–Kier alpha value is -1.03. The monoisotopic (exact) mass is 227 g/mol. The molecular formula is C12H21NO3. The molecule has 92 valence electrons. The van der Waals surface area contributed by atoms with Crippen LogP contribution in [0, 0.1) is 5.92 Å². The highest BCUT2D eigenvalue weighted by Gasteiger charge is 2.26. The van der Waals surface area contributed by atoms with Crippen molar-refractivity contribution in [3.63, 3.8) is 0 Å². The largest absolute Gasteiger partial charge is 0.444 e. The Morgan fingerprint density at radius 3 is 2.88 bits per heavy atom. The normalized spacial score (nSPS) is 25.2. The van der Waals surface area contributed by atoms with Gasteiger partial charge in [0.1, 0.15) is 5.60 Å². The summed E-state index contributed by atoms with van der Waals surface area (Å²) in [5, 5.41) is 2.76. The first-order valence-electron chi connectivity index (χ1n) is 5.63. The van der Waals surface area contributed by atoms with E-state index in [0.29, 0.717) is 12.5 Å². The lowest BCUT2D eigenvalue weighted by Gasteiger charge is -2.21. The summed E-state index contributed by atoms with van der Waals surface area (Å²) in [7, 11) is 0. The van der Waals surface area contributed by atoms with Crippen LogP contribution in [0.3, 0.4) is 0 Å². The van der Waals surface area contributed by atoms with Crippen LogP contribution in [0.4, 0.5) is 4.79 Å². The first-order valence-corrected chi connectivity index (χ1v) is 5.63. The van der Waals surface area contributed by atoms with Gasteiger partial charge in [-0.15, -0.1) is 6.58 Å². The third-order valence-electron chi connectivity index (χ3n) is 2.40. The van der Waals surface area contributed by atoms with E-state index in [2.05, 4.69) is 11.9 Å². The van der Waals surface area contributed by atoms with Crippen LogP contribution in [0.5, 0.6) is 0 Å². The van der Waals surface area contributed by atoms with Crippen molar-refractivity contribution < 1.29 is 14.3 Å². The molecule has 0 bridgehead atoms. The summed E-state index contributed by atoms with van der Waals surface area (Å²) in [6, 6.07) is 0. The molecule has 0 spiro atoms. The molecule has 1 N–H and O–H groups in total. The van der Waals surface area contributed by atoms with Gasteiger partial charge in [0.25, 0.3) is 0 Å². The predicted molar refractivity (Wildman–Crippen MR) is 62.3 cm³/mol. The lowest BCUT2D eigenvalue weighted by molar-refractivity contribution is 0.0511. The van der Waals surface area contributed by atoms with E-state index >= 15 is 0 Å². The van der Waals surface area contributed by atoms with Crippen LogP contribution in [0.2, 0.25) is 0 Å². The fraction of sp³-hybridized carbons (Fsp3) is 0.750. The summed E-state index contributed by atoms with van der Waals surface area (Å²) in [6.45, 7) is 10.6. The number of nitrogens with one attached hydrogen (secondary N) is 1. The Labute approximate surface area is 97.0 Å². The zero-order valence-corrected chi connectivity index (χ0v) is 10.3. The van der Waals surface area contributed by atoms with Gasteiger partial charge in [0.2, 0.25) is 0 Å². The minimum absolute atomic E-state index is 0.0509. The number of hydrogen-bond donors (Lipinski definition) is 1. The van der Waals surface area contributed by atoms with Crippen molar-refractivity contribution in [1.82, 2.24) is 5.32 Å². The lowest BCUT2D eigenvalue weighted by atomic mass is 10.0. The van der Waals surface area contributed by atoms with E-state index in [1.807, 2.05) is 20.8 Å². The Kier molecular flexibility index (Phi) is 4.35. The number of amides is 1. The van der Waals surface area contributed by atoms with Crippen molar-refractivity contribution in [1.29, 1.82) is 0 Å². The molecule has 1 heterocycles. The highest BCUT2D eigenvalue weighted by Crippen LogP contribution is 2.20. The average Bonchev–Trinajstić information content (AvgIpc) is 2.59. The molecule has 0 unspecified atom stereocenters. The molecule has 1 aliphatic rings.